The van der Waals surface area contributed by atoms with Crippen molar-refractivity contribution in [2.45, 2.75) is 33.4 Å². The molecule has 0 fully saturated rings. The topological polar surface area (TPSA) is 64.3 Å². The number of nitrogen functional groups attached to an aromatic ring is 1. The molecule has 1 aromatic rings. The second kappa shape index (κ2) is 6.51. The molecule has 0 saturated heterocycles. The van der Waals surface area contributed by atoms with Gasteiger partial charge in [-0.15, -0.1) is 0 Å². The Morgan fingerprint density at radius 3 is 2.71 bits per heavy atom. The van der Waals surface area contributed by atoms with Gasteiger partial charge in [0.25, 0.3) is 0 Å². The summed E-state index contributed by atoms with van der Waals surface area (Å²) in [5, 5.41) is 0. The molecule has 1 heterocycles. The number of aromatic nitrogens is 2. The van der Waals surface area contributed by atoms with Crippen molar-refractivity contribution < 1.29 is 4.74 Å². The summed E-state index contributed by atoms with van der Waals surface area (Å²) in [6.45, 7) is 8.51. The summed E-state index contributed by atoms with van der Waals surface area (Å²) < 4.78 is 5.16. The SMILES string of the molecule is CCN(Cc1nc(C)cc(N)n1)C(C)COC. The van der Waals surface area contributed by atoms with Gasteiger partial charge in [-0.1, -0.05) is 6.92 Å². The molecule has 1 unspecified atom stereocenters. The highest BCUT2D eigenvalue weighted by atomic mass is 16.5. The van der Waals surface area contributed by atoms with Crippen LogP contribution >= 0.6 is 0 Å². The van der Waals surface area contributed by atoms with Crippen molar-refractivity contribution in [2.75, 3.05) is 26.0 Å². The minimum atomic E-state index is 0.343. The number of nitrogens with zero attached hydrogens (tertiary/aromatic N) is 3. The predicted molar refractivity (Wildman–Crippen MR) is 68.6 cm³/mol. The van der Waals surface area contributed by atoms with Crippen molar-refractivity contribution in [2.24, 2.45) is 0 Å². The lowest BCUT2D eigenvalue weighted by Crippen LogP contribution is -2.36. The first-order valence-electron chi connectivity index (χ1n) is 5.89. The fraction of sp³-hybridized carbons (Fsp3) is 0.667. The van der Waals surface area contributed by atoms with E-state index in [1.807, 2.05) is 6.92 Å². The molecule has 0 aliphatic rings. The van der Waals surface area contributed by atoms with E-state index < -0.39 is 0 Å². The van der Waals surface area contributed by atoms with Gasteiger partial charge in [0.15, 0.2) is 0 Å². The molecule has 1 atom stereocenters. The lowest BCUT2D eigenvalue weighted by Gasteiger charge is -2.26. The lowest BCUT2D eigenvalue weighted by atomic mass is 10.3. The maximum absolute atomic E-state index is 5.72. The van der Waals surface area contributed by atoms with Crippen LogP contribution in [0.2, 0.25) is 0 Å². The fourth-order valence-corrected chi connectivity index (χ4v) is 1.83. The van der Waals surface area contributed by atoms with E-state index in [2.05, 4.69) is 28.7 Å². The van der Waals surface area contributed by atoms with Gasteiger partial charge in [-0.05, 0) is 20.4 Å². The Labute approximate surface area is 103 Å². The van der Waals surface area contributed by atoms with E-state index in [9.17, 15) is 0 Å². The average Bonchev–Trinajstić information content (AvgIpc) is 2.24. The van der Waals surface area contributed by atoms with Gasteiger partial charge in [0.2, 0.25) is 0 Å². The van der Waals surface area contributed by atoms with Gasteiger partial charge in [-0.2, -0.15) is 0 Å². The maximum Gasteiger partial charge on any atom is 0.144 e. The van der Waals surface area contributed by atoms with Crippen LogP contribution in [0.15, 0.2) is 6.07 Å². The molecular formula is C12H22N4O. The molecule has 0 amide bonds. The summed E-state index contributed by atoms with van der Waals surface area (Å²) in [7, 11) is 1.71. The zero-order valence-electron chi connectivity index (χ0n) is 11.1. The van der Waals surface area contributed by atoms with Gasteiger partial charge >= 0.3 is 0 Å². The second-order valence-corrected chi connectivity index (χ2v) is 4.22. The Morgan fingerprint density at radius 1 is 1.47 bits per heavy atom. The molecular weight excluding hydrogens is 216 g/mol. The minimum Gasteiger partial charge on any atom is -0.384 e. The molecule has 5 nitrogen and oxygen atoms in total. The largest absolute Gasteiger partial charge is 0.384 e. The van der Waals surface area contributed by atoms with E-state index in [0.717, 1.165) is 18.1 Å². The number of anilines is 1. The van der Waals surface area contributed by atoms with Crippen LogP contribution in [-0.2, 0) is 11.3 Å². The van der Waals surface area contributed by atoms with Crippen molar-refractivity contribution in [3.63, 3.8) is 0 Å². The zero-order valence-corrected chi connectivity index (χ0v) is 11.1. The molecule has 1 aromatic heterocycles. The van der Waals surface area contributed by atoms with Crippen molar-refractivity contribution >= 4 is 5.82 Å². The predicted octanol–water partition coefficient (Wildman–Crippen LogP) is 1.22. The minimum absolute atomic E-state index is 0.343. The summed E-state index contributed by atoms with van der Waals surface area (Å²) >= 11 is 0. The standard InChI is InChI=1S/C12H22N4O/c1-5-16(10(3)8-17-4)7-12-14-9(2)6-11(13)15-12/h6,10H,5,7-8H2,1-4H3,(H2,13,14,15). The number of rotatable bonds is 6. The zero-order chi connectivity index (χ0) is 12.8. The van der Waals surface area contributed by atoms with E-state index in [-0.39, 0.29) is 0 Å². The van der Waals surface area contributed by atoms with Gasteiger partial charge < -0.3 is 10.5 Å². The third-order valence-electron chi connectivity index (χ3n) is 2.70. The molecule has 0 saturated carbocycles. The number of hydrogen-bond donors (Lipinski definition) is 1. The van der Waals surface area contributed by atoms with Crippen LogP contribution in [0, 0.1) is 6.92 Å². The van der Waals surface area contributed by atoms with Crippen molar-refractivity contribution in [1.29, 1.82) is 0 Å². The molecule has 0 spiro atoms. The van der Waals surface area contributed by atoms with Crippen molar-refractivity contribution in [1.82, 2.24) is 14.9 Å². The number of methoxy groups -OCH3 is 1. The summed E-state index contributed by atoms with van der Waals surface area (Å²) in [6, 6.07) is 2.12. The molecule has 5 heteroatoms. The number of ether oxygens (including phenoxy) is 1. The first kappa shape index (κ1) is 13.9. The molecule has 0 bridgehead atoms. The van der Waals surface area contributed by atoms with Gasteiger partial charge in [-0.25, -0.2) is 9.97 Å². The average molecular weight is 238 g/mol. The van der Waals surface area contributed by atoms with E-state index in [1.165, 1.54) is 0 Å². The number of likely N-dealkylation sites (N-methyl/N-ethyl adjacent to an activating group) is 1. The first-order valence-corrected chi connectivity index (χ1v) is 5.89. The van der Waals surface area contributed by atoms with Gasteiger partial charge in [0.05, 0.1) is 13.2 Å². The molecule has 96 valence electrons. The highest BCUT2D eigenvalue weighted by molar-refractivity contribution is 5.29. The summed E-state index contributed by atoms with van der Waals surface area (Å²) in [5.41, 5.74) is 6.62. The van der Waals surface area contributed by atoms with Gasteiger partial charge in [0.1, 0.15) is 11.6 Å². The van der Waals surface area contributed by atoms with Crippen LogP contribution in [0.4, 0.5) is 5.82 Å². The third kappa shape index (κ3) is 4.28. The molecule has 1 rings (SSSR count). The molecule has 0 aromatic carbocycles. The first-order chi connectivity index (χ1) is 8.06. The fourth-order valence-electron chi connectivity index (χ4n) is 1.83. The monoisotopic (exact) mass is 238 g/mol. The van der Waals surface area contributed by atoms with Crippen LogP contribution < -0.4 is 5.73 Å². The smallest absolute Gasteiger partial charge is 0.144 e. The Hall–Kier alpha value is -1.20. The lowest BCUT2D eigenvalue weighted by molar-refractivity contribution is 0.0965. The van der Waals surface area contributed by atoms with E-state index in [1.54, 1.807) is 13.2 Å². The van der Waals surface area contributed by atoms with E-state index in [0.29, 0.717) is 25.0 Å². The Morgan fingerprint density at radius 2 is 2.18 bits per heavy atom. The van der Waals surface area contributed by atoms with Crippen molar-refractivity contribution in [3.05, 3.63) is 17.6 Å². The van der Waals surface area contributed by atoms with Gasteiger partial charge in [0, 0.05) is 24.9 Å². The third-order valence-corrected chi connectivity index (χ3v) is 2.70. The Bertz CT molecular complexity index is 336. The highest BCUT2D eigenvalue weighted by Gasteiger charge is 2.14. The highest BCUT2D eigenvalue weighted by Crippen LogP contribution is 2.08. The molecule has 2 N–H and O–H groups in total. The Kier molecular flexibility index (Phi) is 5.31. The second-order valence-electron chi connectivity index (χ2n) is 4.22. The molecule has 0 aliphatic carbocycles. The van der Waals surface area contributed by atoms with Crippen LogP contribution in [0.5, 0.6) is 0 Å². The molecule has 17 heavy (non-hydrogen) atoms. The molecule has 0 aliphatic heterocycles. The van der Waals surface area contributed by atoms with Gasteiger partial charge in [-0.3, -0.25) is 4.90 Å². The van der Waals surface area contributed by atoms with Crippen LogP contribution in [0.3, 0.4) is 0 Å². The number of aryl methyl sites for hydroxylation is 1. The maximum atomic E-state index is 5.72. The van der Waals surface area contributed by atoms with Crippen LogP contribution in [-0.4, -0.2) is 41.2 Å². The quantitative estimate of drug-likeness (QED) is 0.807. The van der Waals surface area contributed by atoms with Crippen LogP contribution in [0.25, 0.3) is 0 Å². The normalized spacial score (nSPS) is 13.0. The van der Waals surface area contributed by atoms with Crippen molar-refractivity contribution in [3.8, 4) is 0 Å². The molecule has 0 radical (unpaired) electrons. The Balaban J connectivity index is 2.73. The summed E-state index contributed by atoms with van der Waals surface area (Å²) in [4.78, 5) is 10.9. The summed E-state index contributed by atoms with van der Waals surface area (Å²) in [6.07, 6.45) is 0. The van der Waals surface area contributed by atoms with E-state index >= 15 is 0 Å². The summed E-state index contributed by atoms with van der Waals surface area (Å²) in [5.74, 6) is 1.30. The van der Waals surface area contributed by atoms with E-state index in [4.69, 9.17) is 10.5 Å². The van der Waals surface area contributed by atoms with Crippen LogP contribution in [0.1, 0.15) is 25.4 Å². The number of hydrogen-bond acceptors (Lipinski definition) is 5. The number of nitrogens with two attached hydrogens (primary N) is 1.